The zero-order valence-corrected chi connectivity index (χ0v) is 16.6. The van der Waals surface area contributed by atoms with Crippen molar-refractivity contribution in [3.05, 3.63) is 29.3 Å². The first kappa shape index (κ1) is 19.9. The monoisotopic (exact) mass is 367 g/mol. The van der Waals surface area contributed by atoms with Crippen LogP contribution in [0.5, 0.6) is 0 Å². The minimum Gasteiger partial charge on any atom is -0.325 e. The molecular weight excluding hydrogens is 338 g/mol. The van der Waals surface area contributed by atoms with E-state index in [9.17, 15) is 13.2 Å². The Hall–Kier alpha value is -1.44. The van der Waals surface area contributed by atoms with Crippen molar-refractivity contribution in [1.29, 1.82) is 0 Å². The summed E-state index contributed by atoms with van der Waals surface area (Å²) in [5.74, 6) is 0.323. The van der Waals surface area contributed by atoms with Crippen LogP contribution in [0.3, 0.4) is 0 Å². The molecule has 140 valence electrons. The maximum Gasteiger partial charge on any atom is 0.282 e. The number of piperidine rings is 1. The minimum atomic E-state index is -3.63. The molecule has 0 spiro atoms. The van der Waals surface area contributed by atoms with E-state index in [1.807, 2.05) is 32.0 Å². The summed E-state index contributed by atoms with van der Waals surface area (Å²) in [5.41, 5.74) is 2.78. The third-order valence-electron chi connectivity index (χ3n) is 4.80. The fourth-order valence-corrected chi connectivity index (χ4v) is 4.91. The Morgan fingerprint density at radius 3 is 2.44 bits per heavy atom. The molecule has 1 amide bonds. The van der Waals surface area contributed by atoms with Crippen LogP contribution in [-0.4, -0.2) is 49.6 Å². The van der Waals surface area contributed by atoms with Gasteiger partial charge in [-0.3, -0.25) is 4.79 Å². The highest BCUT2D eigenvalue weighted by Crippen LogP contribution is 2.24. The van der Waals surface area contributed by atoms with Gasteiger partial charge >= 0.3 is 0 Å². The number of carbonyl (C=O) groups is 1. The van der Waals surface area contributed by atoms with Crippen molar-refractivity contribution < 1.29 is 13.2 Å². The number of nitrogens with one attached hydrogen (secondary N) is 1. The van der Waals surface area contributed by atoms with Gasteiger partial charge in [-0.25, -0.2) is 0 Å². The van der Waals surface area contributed by atoms with Gasteiger partial charge in [-0.1, -0.05) is 26.0 Å². The first-order valence-corrected chi connectivity index (χ1v) is 10.1. The highest BCUT2D eigenvalue weighted by atomic mass is 32.2. The predicted octanol–water partition coefficient (Wildman–Crippen LogP) is 2.40. The van der Waals surface area contributed by atoms with Gasteiger partial charge in [-0.15, -0.1) is 0 Å². The Kier molecular flexibility index (Phi) is 6.24. The summed E-state index contributed by atoms with van der Waals surface area (Å²) in [7, 11) is -2.17. The SMILES string of the molecule is Cc1cccc(NC(=O)CN(C)S(=O)(=O)N2C[C@@H](C)C[C@H](C)C2)c1C. The highest BCUT2D eigenvalue weighted by Gasteiger charge is 2.33. The fraction of sp³-hybridized carbons (Fsp3) is 0.611. The molecule has 6 nitrogen and oxygen atoms in total. The molecule has 25 heavy (non-hydrogen) atoms. The number of amides is 1. The van der Waals surface area contributed by atoms with Crippen molar-refractivity contribution in [1.82, 2.24) is 8.61 Å². The van der Waals surface area contributed by atoms with E-state index in [-0.39, 0.29) is 12.5 Å². The number of benzene rings is 1. The third kappa shape index (κ3) is 4.80. The van der Waals surface area contributed by atoms with Crippen LogP contribution in [0, 0.1) is 25.7 Å². The zero-order chi connectivity index (χ0) is 18.8. The van der Waals surface area contributed by atoms with E-state index in [2.05, 4.69) is 19.2 Å². The molecule has 0 bridgehead atoms. The highest BCUT2D eigenvalue weighted by molar-refractivity contribution is 7.86. The quantitative estimate of drug-likeness (QED) is 0.869. The van der Waals surface area contributed by atoms with Crippen molar-refractivity contribution in [2.45, 2.75) is 34.1 Å². The lowest BCUT2D eigenvalue weighted by Crippen LogP contribution is -2.49. The Morgan fingerprint density at radius 1 is 1.24 bits per heavy atom. The molecule has 0 unspecified atom stereocenters. The zero-order valence-electron chi connectivity index (χ0n) is 15.7. The van der Waals surface area contributed by atoms with E-state index in [1.54, 1.807) is 0 Å². The van der Waals surface area contributed by atoms with Crippen molar-refractivity contribution in [2.24, 2.45) is 11.8 Å². The summed E-state index contributed by atoms with van der Waals surface area (Å²) >= 11 is 0. The van der Waals surface area contributed by atoms with E-state index in [0.717, 1.165) is 27.5 Å². The molecule has 2 rings (SSSR count). The van der Waals surface area contributed by atoms with Crippen molar-refractivity contribution >= 4 is 21.8 Å². The summed E-state index contributed by atoms with van der Waals surface area (Å²) in [5, 5.41) is 2.81. The molecule has 7 heteroatoms. The van der Waals surface area contributed by atoms with E-state index < -0.39 is 10.2 Å². The fourth-order valence-electron chi connectivity index (χ4n) is 3.35. The largest absolute Gasteiger partial charge is 0.325 e. The van der Waals surface area contributed by atoms with E-state index in [0.29, 0.717) is 24.9 Å². The van der Waals surface area contributed by atoms with E-state index >= 15 is 0 Å². The second kappa shape index (κ2) is 7.85. The number of nitrogens with zero attached hydrogens (tertiary/aromatic N) is 2. The first-order valence-electron chi connectivity index (χ1n) is 8.68. The molecule has 1 aromatic carbocycles. The Morgan fingerprint density at radius 2 is 1.84 bits per heavy atom. The smallest absolute Gasteiger partial charge is 0.282 e. The van der Waals surface area contributed by atoms with E-state index in [1.165, 1.54) is 11.4 Å². The van der Waals surface area contributed by atoms with Gasteiger partial charge in [-0.05, 0) is 49.3 Å². The Bertz CT molecular complexity index is 723. The van der Waals surface area contributed by atoms with Crippen LogP contribution in [0.25, 0.3) is 0 Å². The average Bonchev–Trinajstić information content (AvgIpc) is 2.50. The van der Waals surface area contributed by atoms with Crippen molar-refractivity contribution in [3.63, 3.8) is 0 Å². The number of carbonyl (C=O) groups excluding carboxylic acids is 1. The van der Waals surface area contributed by atoms with Crippen LogP contribution in [0.2, 0.25) is 0 Å². The van der Waals surface area contributed by atoms with Gasteiger partial charge in [0.05, 0.1) is 6.54 Å². The molecule has 0 radical (unpaired) electrons. The van der Waals surface area contributed by atoms with Crippen LogP contribution < -0.4 is 5.32 Å². The molecule has 1 aromatic rings. The van der Waals surface area contributed by atoms with Gasteiger partial charge in [-0.2, -0.15) is 17.0 Å². The van der Waals surface area contributed by atoms with Gasteiger partial charge in [0, 0.05) is 25.8 Å². The van der Waals surface area contributed by atoms with Crippen LogP contribution in [0.4, 0.5) is 5.69 Å². The van der Waals surface area contributed by atoms with Crippen LogP contribution in [0.1, 0.15) is 31.4 Å². The van der Waals surface area contributed by atoms with Crippen LogP contribution in [-0.2, 0) is 15.0 Å². The minimum absolute atomic E-state index is 0.199. The molecule has 0 aromatic heterocycles. The van der Waals surface area contributed by atoms with Gasteiger partial charge in [0.2, 0.25) is 5.91 Å². The van der Waals surface area contributed by atoms with E-state index in [4.69, 9.17) is 0 Å². The Balaban J connectivity index is 2.03. The molecule has 1 aliphatic heterocycles. The molecule has 1 heterocycles. The summed E-state index contributed by atoms with van der Waals surface area (Å²) in [6.45, 7) is 8.85. The van der Waals surface area contributed by atoms with Crippen LogP contribution in [0.15, 0.2) is 18.2 Å². The number of anilines is 1. The van der Waals surface area contributed by atoms with Gasteiger partial charge in [0.15, 0.2) is 0 Å². The topological polar surface area (TPSA) is 69.7 Å². The first-order chi connectivity index (χ1) is 11.6. The molecular formula is C18H29N3O3S. The van der Waals surface area contributed by atoms with Gasteiger partial charge in [0.1, 0.15) is 0 Å². The number of hydrogen-bond donors (Lipinski definition) is 1. The number of likely N-dealkylation sites (N-methyl/N-ethyl adjacent to an activating group) is 1. The van der Waals surface area contributed by atoms with Gasteiger partial charge < -0.3 is 5.32 Å². The molecule has 2 atom stereocenters. The average molecular weight is 368 g/mol. The van der Waals surface area contributed by atoms with Crippen molar-refractivity contribution in [3.8, 4) is 0 Å². The molecule has 1 N–H and O–H groups in total. The third-order valence-corrected chi connectivity index (χ3v) is 6.67. The molecule has 1 saturated heterocycles. The molecule has 1 aliphatic rings. The van der Waals surface area contributed by atoms with Gasteiger partial charge in [0.25, 0.3) is 10.2 Å². The normalized spacial score (nSPS) is 22.2. The maximum absolute atomic E-state index is 12.8. The van der Waals surface area contributed by atoms with Crippen molar-refractivity contribution in [2.75, 3.05) is 32.0 Å². The lowest BCUT2D eigenvalue weighted by Gasteiger charge is -2.36. The Labute approximate surface area is 151 Å². The standard InChI is InChI=1S/C18H29N3O3S/c1-13-9-14(2)11-21(10-13)25(23,24)20(5)12-18(22)19-17-8-6-7-15(3)16(17)4/h6-8,13-14H,9-12H2,1-5H3,(H,19,22)/t13-,14-/m0/s1. The lowest BCUT2D eigenvalue weighted by molar-refractivity contribution is -0.116. The summed E-state index contributed by atoms with van der Waals surface area (Å²) < 4.78 is 28.1. The summed E-state index contributed by atoms with van der Waals surface area (Å²) in [4.78, 5) is 12.3. The molecule has 1 fully saturated rings. The second-order valence-corrected chi connectivity index (χ2v) is 9.36. The second-order valence-electron chi connectivity index (χ2n) is 7.32. The maximum atomic E-state index is 12.8. The van der Waals surface area contributed by atoms with Crippen LogP contribution >= 0.6 is 0 Å². The summed E-state index contributed by atoms with van der Waals surface area (Å²) in [6, 6.07) is 5.66. The predicted molar refractivity (Wildman–Crippen MR) is 101 cm³/mol. The summed E-state index contributed by atoms with van der Waals surface area (Å²) in [6.07, 6.45) is 1.03. The molecule has 0 aliphatic carbocycles. The molecule has 0 saturated carbocycles. The number of aryl methyl sites for hydroxylation is 1. The lowest BCUT2D eigenvalue weighted by atomic mass is 9.94. The number of hydrogen-bond acceptors (Lipinski definition) is 3. The number of rotatable bonds is 5.